The second-order valence-electron chi connectivity index (χ2n) is 3.42. The summed E-state index contributed by atoms with van der Waals surface area (Å²) in [4.78, 5) is 0. The topological polar surface area (TPSA) is 89.8 Å². The van der Waals surface area contributed by atoms with Crippen molar-refractivity contribution >= 4 is 23.0 Å². The lowest BCUT2D eigenvalue weighted by atomic mass is 10.3. The summed E-state index contributed by atoms with van der Waals surface area (Å²) >= 11 is 5.82. The van der Waals surface area contributed by atoms with E-state index in [1.807, 2.05) is 6.07 Å². The van der Waals surface area contributed by atoms with Gasteiger partial charge in [0.25, 0.3) is 0 Å². The second-order valence-corrected chi connectivity index (χ2v) is 3.85. The number of hydrogen-bond donors (Lipinski definition) is 1. The van der Waals surface area contributed by atoms with Crippen LogP contribution in [0.15, 0.2) is 41.8 Å². The Balaban J connectivity index is 2.36. The Morgan fingerprint density at radius 3 is 2.68 bits per heavy atom. The zero-order chi connectivity index (χ0) is 13.7. The molecule has 92 valence electrons. The molecule has 0 saturated carbocycles. The van der Waals surface area contributed by atoms with E-state index in [0.717, 1.165) is 0 Å². The van der Waals surface area contributed by atoms with Crippen LogP contribution in [0.25, 0.3) is 5.69 Å². The van der Waals surface area contributed by atoms with Gasteiger partial charge in [0.15, 0.2) is 0 Å². The number of anilines is 1. The summed E-state index contributed by atoms with van der Waals surface area (Å²) in [6.07, 6.45) is 3.15. The molecule has 0 unspecified atom stereocenters. The van der Waals surface area contributed by atoms with Crippen molar-refractivity contribution in [3.8, 4) is 17.8 Å². The second kappa shape index (κ2) is 5.67. The fourth-order valence-electron chi connectivity index (χ4n) is 1.39. The average Bonchev–Trinajstić information content (AvgIpc) is 2.87. The number of nitriles is 2. The summed E-state index contributed by atoms with van der Waals surface area (Å²) in [7, 11) is 0. The zero-order valence-electron chi connectivity index (χ0n) is 9.58. The molecule has 19 heavy (non-hydrogen) atoms. The molecule has 0 fully saturated rings. The Morgan fingerprint density at radius 2 is 2.05 bits per heavy atom. The molecule has 0 atom stereocenters. The maximum atomic E-state index is 8.62. The first-order chi connectivity index (χ1) is 9.24. The van der Waals surface area contributed by atoms with Crippen molar-refractivity contribution in [2.75, 3.05) is 5.43 Å². The van der Waals surface area contributed by atoms with Gasteiger partial charge in [0.1, 0.15) is 12.1 Å². The van der Waals surface area contributed by atoms with E-state index in [1.165, 1.54) is 6.20 Å². The summed E-state index contributed by atoms with van der Waals surface area (Å²) in [6, 6.07) is 10.5. The van der Waals surface area contributed by atoms with Gasteiger partial charge in [0, 0.05) is 6.20 Å². The molecule has 2 rings (SSSR count). The zero-order valence-corrected chi connectivity index (χ0v) is 10.3. The number of para-hydroxylation sites is 2. The van der Waals surface area contributed by atoms with Gasteiger partial charge in [-0.25, -0.2) is 4.68 Å². The number of nitrogens with zero attached hydrogens (tertiary/aromatic N) is 5. The van der Waals surface area contributed by atoms with Crippen LogP contribution < -0.4 is 5.43 Å². The Morgan fingerprint density at radius 1 is 1.32 bits per heavy atom. The smallest absolute Gasteiger partial charge is 0.237 e. The summed E-state index contributed by atoms with van der Waals surface area (Å²) in [5.74, 6) is 0. The van der Waals surface area contributed by atoms with Crippen LogP contribution in [-0.2, 0) is 0 Å². The number of nitrogens with one attached hydrogen (secondary N) is 1. The molecule has 0 spiro atoms. The molecule has 7 heteroatoms. The van der Waals surface area contributed by atoms with E-state index in [-0.39, 0.29) is 5.71 Å². The van der Waals surface area contributed by atoms with Crippen LogP contribution in [0.3, 0.4) is 0 Å². The molecule has 2 aromatic rings. The highest BCUT2D eigenvalue weighted by Gasteiger charge is 2.05. The molecule has 0 saturated heterocycles. The van der Waals surface area contributed by atoms with E-state index in [9.17, 15) is 0 Å². The SMILES string of the molecule is N#CC(C#N)=NNc1ccccc1-n1cc(Cl)cn1. The van der Waals surface area contributed by atoms with Crippen LogP contribution in [0.1, 0.15) is 0 Å². The van der Waals surface area contributed by atoms with Crippen LogP contribution in [-0.4, -0.2) is 15.5 Å². The van der Waals surface area contributed by atoms with E-state index in [4.69, 9.17) is 22.1 Å². The lowest BCUT2D eigenvalue weighted by Crippen LogP contribution is -2.02. The van der Waals surface area contributed by atoms with Gasteiger partial charge < -0.3 is 0 Å². The maximum absolute atomic E-state index is 8.62. The van der Waals surface area contributed by atoms with Crippen molar-refractivity contribution in [2.45, 2.75) is 0 Å². The molecule has 1 aromatic heterocycles. The van der Waals surface area contributed by atoms with Crippen LogP contribution in [0, 0.1) is 22.7 Å². The van der Waals surface area contributed by atoms with Gasteiger partial charge in [-0.1, -0.05) is 23.7 Å². The molecule has 1 aromatic carbocycles. The van der Waals surface area contributed by atoms with Gasteiger partial charge in [0.2, 0.25) is 5.71 Å². The van der Waals surface area contributed by atoms with Gasteiger partial charge in [-0.05, 0) is 12.1 Å². The van der Waals surface area contributed by atoms with Crippen molar-refractivity contribution in [3.63, 3.8) is 0 Å². The Labute approximate surface area is 114 Å². The molecule has 0 aliphatic carbocycles. The first kappa shape index (κ1) is 12.6. The number of benzene rings is 1. The Bertz CT molecular complexity index is 687. The lowest BCUT2D eigenvalue weighted by molar-refractivity contribution is 0.881. The van der Waals surface area contributed by atoms with Crippen molar-refractivity contribution in [1.29, 1.82) is 10.5 Å². The summed E-state index contributed by atoms with van der Waals surface area (Å²) in [5, 5.41) is 25.5. The van der Waals surface area contributed by atoms with Crippen molar-refractivity contribution in [2.24, 2.45) is 5.10 Å². The van der Waals surface area contributed by atoms with E-state index in [2.05, 4.69) is 15.6 Å². The highest BCUT2D eigenvalue weighted by Crippen LogP contribution is 2.20. The summed E-state index contributed by atoms with van der Waals surface area (Å²) in [6.45, 7) is 0. The first-order valence-corrected chi connectivity index (χ1v) is 5.56. The number of hydrazone groups is 1. The largest absolute Gasteiger partial charge is 0.274 e. The number of hydrogen-bond acceptors (Lipinski definition) is 5. The Kier molecular flexibility index (Phi) is 3.77. The molecular weight excluding hydrogens is 264 g/mol. The summed E-state index contributed by atoms with van der Waals surface area (Å²) in [5.41, 5.74) is 3.71. The predicted octanol–water partition coefficient (Wildman–Crippen LogP) is 2.34. The molecule has 6 nitrogen and oxygen atoms in total. The molecule has 1 heterocycles. The van der Waals surface area contributed by atoms with Crippen molar-refractivity contribution in [3.05, 3.63) is 41.7 Å². The molecule has 0 aliphatic heterocycles. The van der Waals surface area contributed by atoms with E-state index < -0.39 is 0 Å². The minimum Gasteiger partial charge on any atom is -0.274 e. The fourth-order valence-corrected chi connectivity index (χ4v) is 1.53. The van der Waals surface area contributed by atoms with Gasteiger partial charge in [-0.3, -0.25) is 5.43 Å². The van der Waals surface area contributed by atoms with E-state index in [1.54, 1.807) is 41.2 Å². The van der Waals surface area contributed by atoms with E-state index >= 15 is 0 Å². The molecule has 0 aliphatic rings. The molecule has 0 bridgehead atoms. The number of halogens is 1. The van der Waals surface area contributed by atoms with Crippen molar-refractivity contribution in [1.82, 2.24) is 9.78 Å². The van der Waals surface area contributed by atoms with Gasteiger partial charge in [-0.15, -0.1) is 0 Å². The van der Waals surface area contributed by atoms with Crippen LogP contribution in [0.5, 0.6) is 0 Å². The minimum absolute atomic E-state index is 0.256. The highest BCUT2D eigenvalue weighted by molar-refractivity contribution is 6.30. The van der Waals surface area contributed by atoms with E-state index in [0.29, 0.717) is 16.4 Å². The number of aromatic nitrogens is 2. The molecule has 1 N–H and O–H groups in total. The normalized spacial score (nSPS) is 9.21. The van der Waals surface area contributed by atoms with Crippen LogP contribution in [0.4, 0.5) is 5.69 Å². The number of rotatable bonds is 3. The van der Waals surface area contributed by atoms with Crippen LogP contribution in [0.2, 0.25) is 5.02 Å². The predicted molar refractivity (Wildman–Crippen MR) is 70.9 cm³/mol. The van der Waals surface area contributed by atoms with Gasteiger partial charge in [-0.2, -0.15) is 20.7 Å². The van der Waals surface area contributed by atoms with Crippen LogP contribution >= 0.6 is 11.6 Å². The third kappa shape index (κ3) is 2.89. The van der Waals surface area contributed by atoms with Gasteiger partial charge in [0.05, 0.1) is 22.6 Å². The van der Waals surface area contributed by atoms with Gasteiger partial charge >= 0.3 is 0 Å². The quantitative estimate of drug-likeness (QED) is 0.685. The summed E-state index contributed by atoms with van der Waals surface area (Å²) < 4.78 is 1.57. The minimum atomic E-state index is -0.256. The third-order valence-corrected chi connectivity index (χ3v) is 2.40. The average molecular weight is 271 g/mol. The molecular formula is C12H7ClN6. The first-order valence-electron chi connectivity index (χ1n) is 5.18. The maximum Gasteiger partial charge on any atom is 0.237 e. The fraction of sp³-hybridized carbons (Fsp3) is 0. The Hall–Kier alpha value is -2.83. The molecule has 0 amide bonds. The lowest BCUT2D eigenvalue weighted by Gasteiger charge is -2.07. The highest BCUT2D eigenvalue weighted by atomic mass is 35.5. The standard InChI is InChI=1S/C12H7ClN6/c13-9-7-16-19(8-9)12-4-2-1-3-11(12)18-17-10(5-14)6-15/h1-4,7-8,18H. The molecule has 0 radical (unpaired) electrons. The van der Waals surface area contributed by atoms with Crippen molar-refractivity contribution < 1.29 is 0 Å². The third-order valence-electron chi connectivity index (χ3n) is 2.20. The monoisotopic (exact) mass is 270 g/mol.